The zero-order valence-electron chi connectivity index (χ0n) is 21.0. The van der Waals surface area contributed by atoms with Crippen LogP contribution in [0, 0.1) is 12.7 Å². The van der Waals surface area contributed by atoms with Crippen LogP contribution in [0.5, 0.6) is 5.75 Å². The molecule has 1 N–H and O–H groups in total. The number of amides is 1. The molecule has 1 atom stereocenters. The van der Waals surface area contributed by atoms with E-state index in [0.29, 0.717) is 32.7 Å². The van der Waals surface area contributed by atoms with E-state index < -0.39 is 23.5 Å². The highest BCUT2D eigenvalue weighted by molar-refractivity contribution is 7.22. The van der Waals surface area contributed by atoms with Crippen molar-refractivity contribution in [3.8, 4) is 5.75 Å². The quantitative estimate of drug-likeness (QED) is 0.172. The van der Waals surface area contributed by atoms with Crippen LogP contribution in [0.2, 0.25) is 5.02 Å². The Hall–Kier alpha value is -3.82. The monoisotopic (exact) mass is 551 g/mol. The average Bonchev–Trinajstić information content (AvgIpc) is 3.41. The number of carbonyl (C=O) groups is 2. The number of aryl methyl sites for hydroxylation is 1. The first kappa shape index (κ1) is 25.8. The Morgan fingerprint density at radius 3 is 2.55 bits per heavy atom. The molecule has 1 fully saturated rings. The lowest BCUT2D eigenvalue weighted by Gasteiger charge is -2.23. The molecule has 7 nitrogen and oxygen atoms in total. The number of pyridine rings is 1. The summed E-state index contributed by atoms with van der Waals surface area (Å²) in [6.45, 7) is 5.79. The smallest absolute Gasteiger partial charge is 0.301 e. The maximum absolute atomic E-state index is 14.1. The highest BCUT2D eigenvalue weighted by Gasteiger charge is 2.48. The number of rotatable bonds is 5. The van der Waals surface area contributed by atoms with Gasteiger partial charge in [0.25, 0.3) is 5.78 Å². The Labute approximate surface area is 227 Å². The van der Waals surface area contributed by atoms with E-state index in [0.717, 1.165) is 16.9 Å². The van der Waals surface area contributed by atoms with Gasteiger partial charge in [-0.2, -0.15) is 0 Å². The van der Waals surface area contributed by atoms with E-state index >= 15 is 0 Å². The second-order valence-corrected chi connectivity index (χ2v) is 10.7. The van der Waals surface area contributed by atoms with E-state index in [2.05, 4.69) is 9.97 Å². The molecule has 1 saturated heterocycles. The van der Waals surface area contributed by atoms with Gasteiger partial charge in [-0.05, 0) is 65.9 Å². The number of aromatic nitrogens is 2. The number of anilines is 1. The fraction of sp³-hybridized carbons (Fsp3) is 0.214. The summed E-state index contributed by atoms with van der Waals surface area (Å²) in [5.74, 6) is -1.88. The summed E-state index contributed by atoms with van der Waals surface area (Å²) in [4.78, 5) is 36.8. The Morgan fingerprint density at radius 2 is 1.89 bits per heavy atom. The van der Waals surface area contributed by atoms with Gasteiger partial charge in [0.2, 0.25) is 0 Å². The Balaban J connectivity index is 1.75. The van der Waals surface area contributed by atoms with Crippen LogP contribution in [-0.4, -0.2) is 33.9 Å². The third-order valence-electron chi connectivity index (χ3n) is 6.55. The van der Waals surface area contributed by atoms with Crippen molar-refractivity contribution in [2.45, 2.75) is 32.7 Å². The van der Waals surface area contributed by atoms with Crippen LogP contribution in [0.4, 0.5) is 9.52 Å². The number of ketones is 1. The SMILES string of the molecule is COc1cc(C)c(/C(O)=C2\C(=O)C(=O)N(c3nc4cc(Cl)c(F)cc4s3)C2c2ccncc2)cc1C(C)C. The number of benzene rings is 2. The molecule has 0 bridgehead atoms. The Kier molecular flexibility index (Phi) is 6.66. The van der Waals surface area contributed by atoms with Crippen LogP contribution in [0.15, 0.2) is 54.4 Å². The first-order chi connectivity index (χ1) is 18.1. The molecule has 1 amide bonds. The Bertz CT molecular complexity index is 1600. The van der Waals surface area contributed by atoms with E-state index in [1.165, 1.54) is 17.0 Å². The summed E-state index contributed by atoms with van der Waals surface area (Å²) in [5, 5.41) is 11.7. The molecule has 0 spiro atoms. The number of thiazole rings is 1. The molecule has 0 radical (unpaired) electrons. The summed E-state index contributed by atoms with van der Waals surface area (Å²) in [7, 11) is 1.58. The van der Waals surface area contributed by atoms with Gasteiger partial charge in [0.15, 0.2) is 5.13 Å². The first-order valence-electron chi connectivity index (χ1n) is 11.8. The molecule has 3 heterocycles. The molecule has 5 rings (SSSR count). The average molecular weight is 552 g/mol. The van der Waals surface area contributed by atoms with Crippen molar-refractivity contribution >= 4 is 55.7 Å². The summed E-state index contributed by atoms with van der Waals surface area (Å²) < 4.78 is 20.1. The molecular weight excluding hydrogens is 529 g/mol. The second-order valence-electron chi connectivity index (χ2n) is 9.24. The zero-order valence-corrected chi connectivity index (χ0v) is 22.5. The van der Waals surface area contributed by atoms with Crippen LogP contribution in [0.3, 0.4) is 0 Å². The first-order valence-corrected chi connectivity index (χ1v) is 13.0. The van der Waals surface area contributed by atoms with E-state index in [1.54, 1.807) is 50.7 Å². The van der Waals surface area contributed by atoms with Gasteiger partial charge in [-0.1, -0.05) is 36.8 Å². The number of carbonyl (C=O) groups excluding carboxylic acids is 2. The number of Topliss-reactive ketones (excluding diaryl/α,β-unsaturated/α-hetero) is 1. The number of ether oxygens (including phenoxy) is 1. The Morgan fingerprint density at radius 1 is 1.18 bits per heavy atom. The van der Waals surface area contributed by atoms with Gasteiger partial charge in [-0.3, -0.25) is 19.5 Å². The van der Waals surface area contributed by atoms with E-state index in [4.69, 9.17) is 16.3 Å². The van der Waals surface area contributed by atoms with E-state index in [-0.39, 0.29) is 27.4 Å². The van der Waals surface area contributed by atoms with Gasteiger partial charge in [-0.25, -0.2) is 9.37 Å². The van der Waals surface area contributed by atoms with Crippen LogP contribution in [-0.2, 0) is 9.59 Å². The molecule has 10 heteroatoms. The number of methoxy groups -OCH3 is 1. The minimum absolute atomic E-state index is 0.0745. The van der Waals surface area contributed by atoms with E-state index in [1.807, 2.05) is 13.8 Å². The predicted octanol–water partition coefficient (Wildman–Crippen LogP) is 6.55. The summed E-state index contributed by atoms with van der Waals surface area (Å²) in [5.41, 5.74) is 2.81. The van der Waals surface area contributed by atoms with Gasteiger partial charge < -0.3 is 9.84 Å². The van der Waals surface area contributed by atoms with Crippen LogP contribution in [0.1, 0.15) is 48.1 Å². The normalized spacial score (nSPS) is 17.1. The number of aliphatic hydroxyl groups is 1. The fourth-order valence-corrected chi connectivity index (χ4v) is 5.79. The lowest BCUT2D eigenvalue weighted by Crippen LogP contribution is -2.29. The van der Waals surface area contributed by atoms with Crippen molar-refractivity contribution in [3.05, 3.63) is 87.5 Å². The fourth-order valence-electron chi connectivity index (χ4n) is 4.63. The lowest BCUT2D eigenvalue weighted by atomic mass is 9.91. The lowest BCUT2D eigenvalue weighted by molar-refractivity contribution is -0.132. The van der Waals surface area contributed by atoms with E-state index in [9.17, 15) is 19.1 Å². The van der Waals surface area contributed by atoms with Gasteiger partial charge in [0.05, 0.1) is 34.0 Å². The molecule has 0 saturated carbocycles. The number of halogens is 2. The second kappa shape index (κ2) is 9.81. The highest BCUT2D eigenvalue weighted by Crippen LogP contribution is 2.45. The van der Waals surface area contributed by atoms with Crippen LogP contribution < -0.4 is 9.64 Å². The number of hydrogen-bond donors (Lipinski definition) is 1. The van der Waals surface area contributed by atoms with Crippen molar-refractivity contribution < 1.29 is 23.8 Å². The number of hydrogen-bond acceptors (Lipinski definition) is 7. The highest BCUT2D eigenvalue weighted by atomic mass is 35.5. The largest absolute Gasteiger partial charge is 0.507 e. The van der Waals surface area contributed by atoms with Gasteiger partial charge >= 0.3 is 5.91 Å². The van der Waals surface area contributed by atoms with Gasteiger partial charge in [-0.15, -0.1) is 0 Å². The van der Waals surface area contributed by atoms with Crippen LogP contribution >= 0.6 is 22.9 Å². The molecule has 1 unspecified atom stereocenters. The minimum atomic E-state index is -0.983. The molecule has 4 aromatic rings. The molecule has 2 aromatic carbocycles. The number of fused-ring (bicyclic) bond motifs is 1. The molecule has 0 aliphatic carbocycles. The van der Waals surface area contributed by atoms with Crippen molar-refractivity contribution in [2.75, 3.05) is 12.0 Å². The predicted molar refractivity (Wildman–Crippen MR) is 145 cm³/mol. The minimum Gasteiger partial charge on any atom is -0.507 e. The zero-order chi connectivity index (χ0) is 27.3. The summed E-state index contributed by atoms with van der Waals surface area (Å²) in [6, 6.07) is 8.55. The number of nitrogens with zero attached hydrogens (tertiary/aromatic N) is 3. The maximum atomic E-state index is 14.1. The topological polar surface area (TPSA) is 92.6 Å². The van der Waals surface area contributed by atoms with Crippen molar-refractivity contribution in [1.29, 1.82) is 0 Å². The molecule has 2 aromatic heterocycles. The van der Waals surface area contributed by atoms with Gasteiger partial charge in [0, 0.05) is 18.0 Å². The van der Waals surface area contributed by atoms with Crippen molar-refractivity contribution in [2.24, 2.45) is 0 Å². The molecule has 38 heavy (non-hydrogen) atoms. The molecule has 1 aliphatic rings. The van der Waals surface area contributed by atoms with Crippen molar-refractivity contribution in [1.82, 2.24) is 9.97 Å². The molecule has 1 aliphatic heterocycles. The summed E-state index contributed by atoms with van der Waals surface area (Å²) in [6.07, 6.45) is 3.08. The van der Waals surface area contributed by atoms with Crippen molar-refractivity contribution in [3.63, 3.8) is 0 Å². The maximum Gasteiger partial charge on any atom is 0.301 e. The third-order valence-corrected chi connectivity index (χ3v) is 7.85. The third kappa shape index (κ3) is 4.21. The van der Waals surface area contributed by atoms with Crippen LogP contribution in [0.25, 0.3) is 16.0 Å². The molecular formula is C28H23ClFN3O4S. The number of aliphatic hydroxyl groups excluding tert-OH is 1. The van der Waals surface area contributed by atoms with Gasteiger partial charge in [0.1, 0.15) is 17.3 Å². The molecule has 194 valence electrons. The standard InChI is InChI=1S/C28H23ClFN3O4S/c1-13(2)16-10-17(14(3)9-21(16)37-4)25(34)23-24(15-5-7-31-8-6-15)33(27(36)26(23)35)28-32-20-11-18(29)19(30)12-22(20)38-28/h5-13,24,34H,1-4H3/b25-23+. The summed E-state index contributed by atoms with van der Waals surface area (Å²) >= 11 is 6.99.